The first-order valence-electron chi connectivity index (χ1n) is 8.83. The normalized spacial score (nSPS) is 27.8. The highest BCUT2D eigenvalue weighted by Crippen LogP contribution is 2.70. The standard InChI is InChI=1S/C20H19FN2OS/c21-17-4-2-1-3-12(17)9-14-11-22-19(25-14)23-18(24)15-10-13-5-6-16(15)20(13)7-8-20/h1-6,11,13,15-16H,7-10H2,(H,22,23,24)/t13-,15+,16-/m1/s1. The van der Waals surface area contributed by atoms with Crippen molar-refractivity contribution in [1.29, 1.82) is 0 Å². The van der Waals surface area contributed by atoms with E-state index >= 15 is 0 Å². The Kier molecular flexibility index (Phi) is 3.35. The molecule has 0 aliphatic heterocycles. The number of benzene rings is 1. The number of anilines is 1. The van der Waals surface area contributed by atoms with E-state index in [9.17, 15) is 9.18 Å². The number of thiazole rings is 1. The van der Waals surface area contributed by atoms with Gasteiger partial charge in [0.1, 0.15) is 5.82 Å². The molecule has 0 radical (unpaired) electrons. The van der Waals surface area contributed by atoms with Crippen LogP contribution in [0.25, 0.3) is 0 Å². The van der Waals surface area contributed by atoms with Crippen LogP contribution >= 0.6 is 11.3 Å². The summed E-state index contributed by atoms with van der Waals surface area (Å²) in [6, 6.07) is 6.77. The first-order chi connectivity index (χ1) is 12.2. The van der Waals surface area contributed by atoms with Crippen molar-refractivity contribution in [3.8, 4) is 0 Å². The molecule has 1 N–H and O–H groups in total. The second-order valence-electron chi connectivity index (χ2n) is 7.48. The number of allylic oxidation sites excluding steroid dienone is 2. The van der Waals surface area contributed by atoms with E-state index in [2.05, 4.69) is 22.5 Å². The SMILES string of the molecule is O=C(Nc1ncc(Cc2ccccc2F)s1)[C@H]1C[C@H]2C=C[C@H]1C21CC1. The number of rotatable bonds is 4. The van der Waals surface area contributed by atoms with Crippen LogP contribution in [-0.4, -0.2) is 10.9 Å². The summed E-state index contributed by atoms with van der Waals surface area (Å²) in [4.78, 5) is 18.0. The Morgan fingerprint density at radius 2 is 2.16 bits per heavy atom. The molecule has 3 aliphatic carbocycles. The van der Waals surface area contributed by atoms with E-state index in [1.54, 1.807) is 18.3 Å². The number of carbonyl (C=O) groups is 1. The van der Waals surface area contributed by atoms with Crippen LogP contribution in [0, 0.1) is 29.0 Å². The summed E-state index contributed by atoms with van der Waals surface area (Å²) in [5.74, 6) is 0.979. The Bertz CT molecular complexity index is 870. The van der Waals surface area contributed by atoms with E-state index in [-0.39, 0.29) is 17.6 Å². The van der Waals surface area contributed by atoms with Crippen LogP contribution in [0.2, 0.25) is 0 Å². The van der Waals surface area contributed by atoms with Gasteiger partial charge in [-0.1, -0.05) is 30.4 Å². The molecular weight excluding hydrogens is 335 g/mol. The molecule has 5 rings (SSSR count). The zero-order valence-corrected chi connectivity index (χ0v) is 14.6. The molecule has 3 aliphatic rings. The summed E-state index contributed by atoms with van der Waals surface area (Å²) in [6.07, 6.45) is 10.3. The van der Waals surface area contributed by atoms with Crippen molar-refractivity contribution in [1.82, 2.24) is 4.98 Å². The number of aromatic nitrogens is 1. The first-order valence-corrected chi connectivity index (χ1v) is 9.65. The van der Waals surface area contributed by atoms with Crippen LogP contribution in [0.3, 0.4) is 0 Å². The van der Waals surface area contributed by atoms with Gasteiger partial charge in [0.25, 0.3) is 0 Å². The Morgan fingerprint density at radius 1 is 1.32 bits per heavy atom. The molecule has 5 heteroatoms. The minimum atomic E-state index is -0.204. The van der Waals surface area contributed by atoms with E-state index in [1.165, 1.54) is 30.2 Å². The monoisotopic (exact) mass is 354 g/mol. The van der Waals surface area contributed by atoms with E-state index in [4.69, 9.17) is 0 Å². The molecule has 1 heterocycles. The number of nitrogens with zero attached hydrogens (tertiary/aromatic N) is 1. The predicted octanol–water partition coefficient (Wildman–Crippen LogP) is 4.41. The van der Waals surface area contributed by atoms with Gasteiger partial charge in [-0.3, -0.25) is 4.79 Å². The number of halogens is 1. The molecule has 2 bridgehead atoms. The summed E-state index contributed by atoms with van der Waals surface area (Å²) in [7, 11) is 0. The van der Waals surface area contributed by atoms with E-state index in [0.717, 1.165) is 11.3 Å². The molecule has 2 aromatic rings. The number of nitrogens with one attached hydrogen (secondary N) is 1. The summed E-state index contributed by atoms with van der Waals surface area (Å²) < 4.78 is 13.8. The fraction of sp³-hybridized carbons (Fsp3) is 0.400. The minimum Gasteiger partial charge on any atom is -0.302 e. The molecule has 0 saturated heterocycles. The Hall–Kier alpha value is -2.01. The van der Waals surface area contributed by atoms with E-state index in [0.29, 0.717) is 34.4 Å². The Balaban J connectivity index is 1.26. The van der Waals surface area contributed by atoms with Crippen molar-refractivity contribution in [3.05, 3.63) is 58.9 Å². The molecule has 2 saturated carbocycles. The lowest BCUT2D eigenvalue weighted by atomic mass is 9.88. The van der Waals surface area contributed by atoms with Crippen LogP contribution in [0.1, 0.15) is 29.7 Å². The molecule has 128 valence electrons. The lowest BCUT2D eigenvalue weighted by Crippen LogP contribution is -2.27. The molecule has 1 aromatic carbocycles. The fourth-order valence-electron chi connectivity index (χ4n) is 4.75. The van der Waals surface area contributed by atoms with Gasteiger partial charge in [-0.25, -0.2) is 9.37 Å². The fourth-order valence-corrected chi connectivity index (χ4v) is 5.58. The predicted molar refractivity (Wildman–Crippen MR) is 95.8 cm³/mol. The van der Waals surface area contributed by atoms with Crippen LogP contribution in [0.5, 0.6) is 0 Å². The smallest absolute Gasteiger partial charge is 0.229 e. The van der Waals surface area contributed by atoms with Crippen LogP contribution in [-0.2, 0) is 11.2 Å². The maximum absolute atomic E-state index is 13.8. The lowest BCUT2D eigenvalue weighted by molar-refractivity contribution is -0.120. The minimum absolute atomic E-state index is 0.0800. The van der Waals surface area contributed by atoms with Crippen molar-refractivity contribution in [2.75, 3.05) is 5.32 Å². The van der Waals surface area contributed by atoms with Crippen molar-refractivity contribution in [2.45, 2.75) is 25.7 Å². The van der Waals surface area contributed by atoms with Crippen LogP contribution in [0.15, 0.2) is 42.6 Å². The third-order valence-electron chi connectivity index (χ3n) is 6.16. The third-order valence-corrected chi connectivity index (χ3v) is 7.08. The molecular formula is C20H19FN2OS. The van der Waals surface area contributed by atoms with E-state index in [1.807, 2.05) is 6.07 Å². The summed E-state index contributed by atoms with van der Waals surface area (Å²) in [5, 5.41) is 3.61. The largest absolute Gasteiger partial charge is 0.302 e. The summed E-state index contributed by atoms with van der Waals surface area (Å²) >= 11 is 1.43. The number of hydrogen-bond acceptors (Lipinski definition) is 3. The summed E-state index contributed by atoms with van der Waals surface area (Å²) in [6.45, 7) is 0. The van der Waals surface area contributed by atoms with Crippen molar-refractivity contribution in [2.24, 2.45) is 23.2 Å². The third kappa shape index (κ3) is 2.44. The van der Waals surface area contributed by atoms with Gasteiger partial charge in [-0.15, -0.1) is 11.3 Å². The van der Waals surface area contributed by atoms with Gasteiger partial charge in [0.05, 0.1) is 0 Å². The maximum Gasteiger partial charge on any atom is 0.229 e. The highest BCUT2D eigenvalue weighted by atomic mass is 32.1. The lowest BCUT2D eigenvalue weighted by Gasteiger charge is -2.18. The van der Waals surface area contributed by atoms with Gasteiger partial charge in [0.15, 0.2) is 5.13 Å². The Morgan fingerprint density at radius 3 is 2.92 bits per heavy atom. The van der Waals surface area contributed by atoms with Gasteiger partial charge in [-0.2, -0.15) is 0 Å². The molecule has 25 heavy (non-hydrogen) atoms. The van der Waals surface area contributed by atoms with Crippen molar-refractivity contribution >= 4 is 22.4 Å². The molecule has 3 nitrogen and oxygen atoms in total. The van der Waals surface area contributed by atoms with Crippen LogP contribution < -0.4 is 5.32 Å². The quantitative estimate of drug-likeness (QED) is 0.826. The molecule has 2 fully saturated rings. The van der Waals surface area contributed by atoms with Crippen LogP contribution in [0.4, 0.5) is 9.52 Å². The van der Waals surface area contributed by atoms with Gasteiger partial charge in [0, 0.05) is 23.4 Å². The zero-order chi connectivity index (χ0) is 17.0. The summed E-state index contributed by atoms with van der Waals surface area (Å²) in [5.41, 5.74) is 1.07. The van der Waals surface area contributed by atoms with Gasteiger partial charge in [0.2, 0.25) is 5.91 Å². The number of carbonyl (C=O) groups excluding carboxylic acids is 1. The molecule has 1 spiro atoms. The molecule has 0 unspecified atom stereocenters. The van der Waals surface area contributed by atoms with Gasteiger partial charge in [-0.05, 0) is 48.1 Å². The molecule has 1 aromatic heterocycles. The Labute approximate surface area is 150 Å². The van der Waals surface area contributed by atoms with Crippen molar-refractivity contribution < 1.29 is 9.18 Å². The average molecular weight is 354 g/mol. The van der Waals surface area contributed by atoms with Crippen molar-refractivity contribution in [3.63, 3.8) is 0 Å². The van der Waals surface area contributed by atoms with Gasteiger partial charge < -0.3 is 5.32 Å². The topological polar surface area (TPSA) is 42.0 Å². The van der Waals surface area contributed by atoms with Gasteiger partial charge >= 0.3 is 0 Å². The second kappa shape index (κ2) is 5.49. The molecule has 3 atom stereocenters. The number of amides is 1. The highest BCUT2D eigenvalue weighted by Gasteiger charge is 2.64. The van der Waals surface area contributed by atoms with E-state index < -0.39 is 0 Å². The second-order valence-corrected chi connectivity index (χ2v) is 8.60. The maximum atomic E-state index is 13.8. The first kappa shape index (κ1) is 15.3. The molecule has 1 amide bonds. The average Bonchev–Trinajstić information content (AvgIpc) is 3.07. The zero-order valence-electron chi connectivity index (χ0n) is 13.7. The number of hydrogen-bond donors (Lipinski definition) is 1. The highest BCUT2D eigenvalue weighted by molar-refractivity contribution is 7.15.